The molecule has 0 saturated carbocycles. The SMILES string of the molecule is CC(C#N)(CCC(Cl)Cl)N=NC(C)(C#N)CCC(Cl)Cl. The first-order valence-corrected chi connectivity index (χ1v) is 7.74. The van der Waals surface area contributed by atoms with Crippen LogP contribution in [0.15, 0.2) is 10.2 Å². The van der Waals surface area contributed by atoms with E-state index in [1.165, 1.54) is 0 Å². The van der Waals surface area contributed by atoms with Crippen molar-refractivity contribution < 1.29 is 0 Å². The summed E-state index contributed by atoms with van der Waals surface area (Å²) in [6.45, 7) is 3.24. The molecule has 0 spiro atoms. The van der Waals surface area contributed by atoms with E-state index in [0.717, 1.165) is 0 Å². The van der Waals surface area contributed by atoms with Crippen LogP contribution in [-0.4, -0.2) is 20.8 Å². The van der Waals surface area contributed by atoms with Gasteiger partial charge in [-0.15, -0.1) is 46.4 Å². The van der Waals surface area contributed by atoms with Crippen molar-refractivity contribution >= 4 is 46.4 Å². The highest BCUT2D eigenvalue weighted by Gasteiger charge is 2.29. The van der Waals surface area contributed by atoms with Crippen molar-refractivity contribution in [3.8, 4) is 12.1 Å². The molecule has 2 unspecified atom stereocenters. The number of hydrogen-bond acceptors (Lipinski definition) is 4. The quantitative estimate of drug-likeness (QED) is 0.443. The molecular weight excluding hydrogens is 342 g/mol. The van der Waals surface area contributed by atoms with Gasteiger partial charge in [-0.1, -0.05) is 0 Å². The topological polar surface area (TPSA) is 72.3 Å². The zero-order chi connectivity index (χ0) is 15.8. The van der Waals surface area contributed by atoms with E-state index >= 15 is 0 Å². The average molecular weight is 358 g/mol. The van der Waals surface area contributed by atoms with Gasteiger partial charge >= 0.3 is 0 Å². The molecule has 0 heterocycles. The molecule has 0 saturated heterocycles. The van der Waals surface area contributed by atoms with E-state index in [2.05, 4.69) is 22.4 Å². The standard InChI is InChI=1S/C12H16Cl4N4/c1-11(7-17,5-3-9(13)14)19-20-12(2,8-18)6-4-10(15)16/h9-10H,3-6H2,1-2H3. The van der Waals surface area contributed by atoms with Gasteiger partial charge in [0.15, 0.2) is 11.1 Å². The van der Waals surface area contributed by atoms with Crippen LogP contribution in [-0.2, 0) is 0 Å². The predicted molar refractivity (Wildman–Crippen MR) is 82.3 cm³/mol. The lowest BCUT2D eigenvalue weighted by Crippen LogP contribution is -2.24. The maximum atomic E-state index is 9.17. The Hall–Kier alpha value is -0.260. The Morgan fingerprint density at radius 2 is 1.15 bits per heavy atom. The van der Waals surface area contributed by atoms with E-state index in [4.69, 9.17) is 46.4 Å². The van der Waals surface area contributed by atoms with Crippen molar-refractivity contribution in [3.63, 3.8) is 0 Å². The molecule has 0 aliphatic carbocycles. The van der Waals surface area contributed by atoms with Crippen LogP contribution in [0.25, 0.3) is 0 Å². The lowest BCUT2D eigenvalue weighted by Gasteiger charge is -2.20. The molecule has 0 aromatic carbocycles. The minimum atomic E-state index is -1.05. The third kappa shape index (κ3) is 8.12. The molecule has 0 fully saturated rings. The summed E-state index contributed by atoms with van der Waals surface area (Å²) in [5.74, 6) is 0. The normalized spacial score (nSPS) is 17.7. The molecule has 112 valence electrons. The maximum Gasteiger partial charge on any atom is 0.164 e. The average Bonchev–Trinajstić information content (AvgIpc) is 2.41. The maximum absolute atomic E-state index is 9.17. The summed E-state index contributed by atoms with van der Waals surface area (Å²) < 4.78 is 0. The zero-order valence-corrected chi connectivity index (χ0v) is 14.3. The summed E-state index contributed by atoms with van der Waals surface area (Å²) in [5, 5.41) is 26.4. The second-order valence-corrected chi connectivity index (χ2v) is 7.38. The van der Waals surface area contributed by atoms with Crippen LogP contribution in [0.1, 0.15) is 39.5 Å². The van der Waals surface area contributed by atoms with Gasteiger partial charge in [0, 0.05) is 0 Å². The zero-order valence-electron chi connectivity index (χ0n) is 11.3. The van der Waals surface area contributed by atoms with Gasteiger partial charge in [0.05, 0.1) is 12.1 Å². The van der Waals surface area contributed by atoms with Crippen molar-refractivity contribution in [2.24, 2.45) is 10.2 Å². The molecule has 0 bridgehead atoms. The molecule has 20 heavy (non-hydrogen) atoms. The fourth-order valence-corrected chi connectivity index (χ4v) is 1.69. The number of halogens is 4. The number of alkyl halides is 4. The fraction of sp³-hybridized carbons (Fsp3) is 0.833. The first-order valence-electron chi connectivity index (χ1n) is 5.99. The highest BCUT2D eigenvalue weighted by molar-refractivity contribution is 6.44. The first kappa shape index (κ1) is 19.7. The monoisotopic (exact) mass is 356 g/mol. The molecule has 0 N–H and O–H groups in total. The Labute approximate surface area is 139 Å². The van der Waals surface area contributed by atoms with E-state index in [0.29, 0.717) is 25.7 Å². The van der Waals surface area contributed by atoms with Crippen molar-refractivity contribution in [1.82, 2.24) is 0 Å². The van der Waals surface area contributed by atoms with Crippen LogP contribution >= 0.6 is 46.4 Å². The fourth-order valence-electron chi connectivity index (χ4n) is 1.26. The van der Waals surface area contributed by atoms with Gasteiger partial charge in [0.1, 0.15) is 9.67 Å². The molecule has 0 radical (unpaired) electrons. The predicted octanol–water partition coefficient (Wildman–Crippen LogP) is 5.17. The molecule has 0 amide bonds. The highest BCUT2D eigenvalue weighted by Crippen LogP contribution is 2.26. The molecule has 2 atom stereocenters. The van der Waals surface area contributed by atoms with E-state index < -0.39 is 20.8 Å². The number of hydrogen-bond donors (Lipinski definition) is 0. The second-order valence-electron chi connectivity index (χ2n) is 4.83. The van der Waals surface area contributed by atoms with Crippen LogP contribution in [0.4, 0.5) is 0 Å². The number of rotatable bonds is 8. The van der Waals surface area contributed by atoms with E-state index in [1.54, 1.807) is 13.8 Å². The molecule has 0 aliphatic rings. The third-order valence-electron chi connectivity index (χ3n) is 2.67. The summed E-state index contributed by atoms with van der Waals surface area (Å²) in [4.78, 5) is -1.12. The summed E-state index contributed by atoms with van der Waals surface area (Å²) >= 11 is 22.6. The van der Waals surface area contributed by atoms with Crippen molar-refractivity contribution in [2.75, 3.05) is 0 Å². The molecule has 0 aromatic heterocycles. The summed E-state index contributed by atoms with van der Waals surface area (Å²) in [6, 6.07) is 4.11. The minimum Gasteiger partial charge on any atom is -0.196 e. The van der Waals surface area contributed by atoms with Gasteiger partial charge in [0.2, 0.25) is 0 Å². The molecule has 0 aromatic rings. The molecule has 4 nitrogen and oxygen atoms in total. The molecule has 0 rings (SSSR count). The minimum absolute atomic E-state index is 0.361. The smallest absolute Gasteiger partial charge is 0.164 e. The lowest BCUT2D eigenvalue weighted by atomic mass is 9.98. The van der Waals surface area contributed by atoms with Gasteiger partial charge in [0.25, 0.3) is 0 Å². The lowest BCUT2D eigenvalue weighted by molar-refractivity contribution is 0.443. The summed E-state index contributed by atoms with van der Waals surface area (Å²) in [6.07, 6.45) is 1.56. The van der Waals surface area contributed by atoms with E-state index in [1.807, 2.05) is 0 Å². The Morgan fingerprint density at radius 3 is 1.35 bits per heavy atom. The van der Waals surface area contributed by atoms with Crippen LogP contribution in [0.2, 0.25) is 0 Å². The summed E-state index contributed by atoms with van der Waals surface area (Å²) in [7, 11) is 0. The molecular formula is C12H16Cl4N4. The second kappa shape index (κ2) is 8.90. The van der Waals surface area contributed by atoms with Crippen LogP contribution < -0.4 is 0 Å². The Kier molecular flexibility index (Phi) is 8.79. The Bertz CT molecular complexity index is 375. The van der Waals surface area contributed by atoms with Gasteiger partial charge < -0.3 is 0 Å². The first-order chi connectivity index (χ1) is 9.16. The number of nitriles is 2. The van der Waals surface area contributed by atoms with Gasteiger partial charge in [-0.05, 0) is 39.5 Å². The highest BCUT2D eigenvalue weighted by atomic mass is 35.5. The van der Waals surface area contributed by atoms with Gasteiger partial charge in [-0.2, -0.15) is 20.8 Å². The Balaban J connectivity index is 4.84. The van der Waals surface area contributed by atoms with Crippen molar-refractivity contribution in [2.45, 2.75) is 60.3 Å². The largest absolute Gasteiger partial charge is 0.196 e. The molecule has 8 heteroatoms. The number of nitrogens with zero attached hydrogens (tertiary/aromatic N) is 4. The van der Waals surface area contributed by atoms with Crippen molar-refractivity contribution in [1.29, 1.82) is 10.5 Å². The summed E-state index contributed by atoms with van der Waals surface area (Å²) in [5.41, 5.74) is -2.11. The van der Waals surface area contributed by atoms with Crippen LogP contribution in [0.3, 0.4) is 0 Å². The van der Waals surface area contributed by atoms with E-state index in [-0.39, 0.29) is 0 Å². The van der Waals surface area contributed by atoms with Crippen molar-refractivity contribution in [3.05, 3.63) is 0 Å². The third-order valence-corrected chi connectivity index (χ3v) is 3.54. The van der Waals surface area contributed by atoms with Gasteiger partial charge in [-0.25, -0.2) is 0 Å². The molecule has 0 aliphatic heterocycles. The van der Waals surface area contributed by atoms with E-state index in [9.17, 15) is 10.5 Å². The number of azo groups is 1. The van der Waals surface area contributed by atoms with Crippen LogP contribution in [0.5, 0.6) is 0 Å². The van der Waals surface area contributed by atoms with Gasteiger partial charge in [-0.3, -0.25) is 0 Å². The van der Waals surface area contributed by atoms with Crippen LogP contribution in [0, 0.1) is 22.7 Å². The Morgan fingerprint density at radius 1 is 0.850 bits per heavy atom.